The van der Waals surface area contributed by atoms with E-state index in [2.05, 4.69) is 21.8 Å². The maximum absolute atomic E-state index is 11.9. The van der Waals surface area contributed by atoms with E-state index < -0.39 is 0 Å². The van der Waals surface area contributed by atoms with E-state index in [1.807, 2.05) is 59.3 Å². The minimum atomic E-state index is -0.116. The van der Waals surface area contributed by atoms with E-state index in [4.69, 9.17) is 9.84 Å². The number of ether oxygens (including phenoxy) is 1. The molecule has 0 unspecified atom stereocenters. The Hall–Kier alpha value is -4.18. The fourth-order valence-electron chi connectivity index (χ4n) is 3.85. The summed E-state index contributed by atoms with van der Waals surface area (Å²) in [5, 5.41) is 5.74. The van der Waals surface area contributed by atoms with Crippen molar-refractivity contribution in [2.45, 2.75) is 13.5 Å². The normalized spacial score (nSPS) is 13.3. The molecule has 1 aliphatic rings. The van der Waals surface area contributed by atoms with E-state index in [-0.39, 0.29) is 5.91 Å². The van der Waals surface area contributed by atoms with Crippen molar-refractivity contribution in [1.82, 2.24) is 24.6 Å². The fourth-order valence-corrected chi connectivity index (χ4v) is 3.85. The minimum absolute atomic E-state index is 0.116. The van der Waals surface area contributed by atoms with Crippen LogP contribution in [0.2, 0.25) is 0 Å². The lowest BCUT2D eigenvalue weighted by Gasteiger charge is -2.37. The third-order valence-electron chi connectivity index (χ3n) is 5.43. The van der Waals surface area contributed by atoms with Crippen LogP contribution >= 0.6 is 0 Å². The van der Waals surface area contributed by atoms with Gasteiger partial charge in [0.1, 0.15) is 23.5 Å². The molecule has 0 atom stereocenters. The molecule has 1 aliphatic heterocycles. The molecule has 1 fully saturated rings. The summed E-state index contributed by atoms with van der Waals surface area (Å²) >= 11 is 0. The molecule has 2 aromatic carbocycles. The second-order valence-corrected chi connectivity index (χ2v) is 7.68. The lowest BCUT2D eigenvalue weighted by atomic mass is 10.0. The van der Waals surface area contributed by atoms with Gasteiger partial charge in [-0.25, -0.2) is 14.6 Å². The van der Waals surface area contributed by atoms with Crippen molar-refractivity contribution in [3.8, 4) is 34.6 Å². The summed E-state index contributed by atoms with van der Waals surface area (Å²) in [5.41, 5.74) is 2.58. The number of benzene rings is 2. The molecule has 7 nitrogen and oxygen atoms in total. The summed E-state index contributed by atoms with van der Waals surface area (Å²) in [5.74, 6) is 7.01. The zero-order chi connectivity index (χ0) is 21.9. The molecule has 158 valence electrons. The van der Waals surface area contributed by atoms with Gasteiger partial charge in [0.25, 0.3) is 5.91 Å². The zero-order valence-corrected chi connectivity index (χ0v) is 17.6. The third kappa shape index (κ3) is 3.91. The first-order valence-corrected chi connectivity index (χ1v) is 10.4. The molecule has 0 saturated carbocycles. The Morgan fingerprint density at radius 3 is 2.59 bits per heavy atom. The average Bonchev–Trinajstić information content (AvgIpc) is 3.16. The van der Waals surface area contributed by atoms with Crippen LogP contribution in [0.15, 0.2) is 67.1 Å². The Labute approximate surface area is 185 Å². The van der Waals surface area contributed by atoms with Crippen LogP contribution in [0.4, 0.5) is 0 Å². The van der Waals surface area contributed by atoms with Gasteiger partial charge in [0.2, 0.25) is 0 Å². The highest BCUT2D eigenvalue weighted by molar-refractivity contribution is 5.94. The lowest BCUT2D eigenvalue weighted by molar-refractivity contribution is -0.131. The molecular formula is C25H21N5O2. The van der Waals surface area contributed by atoms with Gasteiger partial charge in [-0.2, -0.15) is 5.10 Å². The molecule has 1 amide bonds. The molecule has 0 radical (unpaired) electrons. The van der Waals surface area contributed by atoms with E-state index >= 15 is 0 Å². The summed E-state index contributed by atoms with van der Waals surface area (Å²) in [7, 11) is 0. The second-order valence-electron chi connectivity index (χ2n) is 7.68. The van der Waals surface area contributed by atoms with E-state index in [9.17, 15) is 4.79 Å². The van der Waals surface area contributed by atoms with Crippen LogP contribution in [-0.2, 0) is 11.3 Å². The molecule has 0 bridgehead atoms. The van der Waals surface area contributed by atoms with Gasteiger partial charge in [0, 0.05) is 37.3 Å². The standard InChI is InChI=1S/C25H21N5O2/c1-2-6-23(31)29-14-18(15-29)16-30-25-22(13-26-17-27-25)24(28-30)19-9-11-21(12-10-19)32-20-7-4-3-5-8-20/h3-5,7-13,17-18H,14-16H2,1H3. The number of carbonyl (C=O) groups is 1. The Balaban J connectivity index is 1.36. The maximum Gasteiger partial charge on any atom is 0.298 e. The molecule has 0 spiro atoms. The molecule has 3 heterocycles. The Morgan fingerprint density at radius 2 is 1.84 bits per heavy atom. The Bertz CT molecular complexity index is 1310. The highest BCUT2D eigenvalue weighted by atomic mass is 16.5. The van der Waals surface area contributed by atoms with Gasteiger partial charge in [-0.3, -0.25) is 4.79 Å². The smallest absolute Gasteiger partial charge is 0.298 e. The number of para-hydroxylation sites is 1. The lowest BCUT2D eigenvalue weighted by Crippen LogP contribution is -2.51. The molecule has 1 saturated heterocycles. The number of amides is 1. The largest absolute Gasteiger partial charge is 0.457 e. The van der Waals surface area contributed by atoms with Crippen molar-refractivity contribution < 1.29 is 9.53 Å². The van der Waals surface area contributed by atoms with E-state index in [0.29, 0.717) is 25.6 Å². The van der Waals surface area contributed by atoms with Crippen molar-refractivity contribution >= 4 is 16.9 Å². The van der Waals surface area contributed by atoms with E-state index in [0.717, 1.165) is 33.8 Å². The molecule has 5 rings (SSSR count). The fraction of sp³-hybridized carbons (Fsp3) is 0.200. The number of hydrogen-bond acceptors (Lipinski definition) is 5. The number of aromatic nitrogens is 4. The van der Waals surface area contributed by atoms with E-state index in [1.54, 1.807) is 18.0 Å². The Morgan fingerprint density at radius 1 is 1.09 bits per heavy atom. The van der Waals surface area contributed by atoms with Gasteiger partial charge < -0.3 is 9.64 Å². The van der Waals surface area contributed by atoms with Crippen LogP contribution in [0.3, 0.4) is 0 Å². The number of fused-ring (bicyclic) bond motifs is 1. The topological polar surface area (TPSA) is 73.1 Å². The summed E-state index contributed by atoms with van der Waals surface area (Å²) in [6.45, 7) is 3.72. The van der Waals surface area contributed by atoms with Crippen molar-refractivity contribution in [3.63, 3.8) is 0 Å². The van der Waals surface area contributed by atoms with Crippen molar-refractivity contribution in [2.24, 2.45) is 5.92 Å². The summed E-state index contributed by atoms with van der Waals surface area (Å²) in [6.07, 6.45) is 3.33. The van der Waals surface area contributed by atoms with Crippen LogP contribution < -0.4 is 4.74 Å². The number of carbonyl (C=O) groups excluding carboxylic acids is 1. The molecule has 0 aliphatic carbocycles. The molecular weight excluding hydrogens is 402 g/mol. The van der Waals surface area contributed by atoms with Crippen molar-refractivity contribution in [3.05, 3.63) is 67.1 Å². The summed E-state index contributed by atoms with van der Waals surface area (Å²) in [4.78, 5) is 22.3. The predicted octanol–water partition coefficient (Wildman–Crippen LogP) is 3.77. The first kappa shape index (κ1) is 19.8. The first-order valence-electron chi connectivity index (χ1n) is 10.4. The molecule has 7 heteroatoms. The van der Waals surface area contributed by atoms with Gasteiger partial charge in [-0.1, -0.05) is 24.1 Å². The monoisotopic (exact) mass is 423 g/mol. The van der Waals surface area contributed by atoms with Crippen LogP contribution in [0, 0.1) is 17.8 Å². The highest BCUT2D eigenvalue weighted by Gasteiger charge is 2.31. The number of nitrogens with zero attached hydrogens (tertiary/aromatic N) is 5. The molecule has 4 aromatic rings. The van der Waals surface area contributed by atoms with Crippen LogP contribution in [0.25, 0.3) is 22.3 Å². The van der Waals surface area contributed by atoms with Gasteiger partial charge in [0.15, 0.2) is 5.65 Å². The minimum Gasteiger partial charge on any atom is -0.457 e. The summed E-state index contributed by atoms with van der Waals surface area (Å²) < 4.78 is 7.81. The van der Waals surface area contributed by atoms with Crippen molar-refractivity contribution in [2.75, 3.05) is 13.1 Å². The number of likely N-dealkylation sites (tertiary alicyclic amines) is 1. The second kappa shape index (κ2) is 8.52. The summed E-state index contributed by atoms with van der Waals surface area (Å²) in [6, 6.07) is 17.5. The van der Waals surface area contributed by atoms with Crippen molar-refractivity contribution in [1.29, 1.82) is 0 Å². The zero-order valence-electron chi connectivity index (χ0n) is 17.6. The van der Waals surface area contributed by atoms with Crippen LogP contribution in [0.1, 0.15) is 6.92 Å². The first-order chi connectivity index (χ1) is 15.7. The highest BCUT2D eigenvalue weighted by Crippen LogP contribution is 2.30. The molecule has 32 heavy (non-hydrogen) atoms. The Kier molecular flexibility index (Phi) is 5.26. The number of hydrogen-bond donors (Lipinski definition) is 0. The quantitative estimate of drug-likeness (QED) is 0.457. The van der Waals surface area contributed by atoms with E-state index in [1.165, 1.54) is 6.33 Å². The van der Waals surface area contributed by atoms with Gasteiger partial charge in [0.05, 0.1) is 5.39 Å². The van der Waals surface area contributed by atoms with Gasteiger partial charge in [-0.15, -0.1) is 0 Å². The van der Waals surface area contributed by atoms with Crippen LogP contribution in [-0.4, -0.2) is 43.6 Å². The maximum atomic E-state index is 11.9. The predicted molar refractivity (Wildman–Crippen MR) is 121 cm³/mol. The third-order valence-corrected chi connectivity index (χ3v) is 5.43. The molecule has 0 N–H and O–H groups in total. The average molecular weight is 423 g/mol. The van der Waals surface area contributed by atoms with Gasteiger partial charge in [-0.05, 0) is 49.2 Å². The number of rotatable bonds is 5. The molecule has 2 aromatic heterocycles. The van der Waals surface area contributed by atoms with Gasteiger partial charge >= 0.3 is 0 Å². The van der Waals surface area contributed by atoms with Crippen LogP contribution in [0.5, 0.6) is 11.5 Å². The SMILES string of the molecule is CC#CC(=O)N1CC(Cn2nc(-c3ccc(Oc4ccccc4)cc3)c3cncnc32)C1.